The minimum atomic E-state index is -4.70. The predicted molar refractivity (Wildman–Crippen MR) is 37.3 cm³/mol. The van der Waals surface area contributed by atoms with Crippen molar-refractivity contribution in [2.24, 2.45) is 5.92 Å². The molecule has 12 heavy (non-hydrogen) atoms. The monoisotopic (exact) mass is 197 g/mol. The van der Waals surface area contributed by atoms with Crippen molar-refractivity contribution >= 4 is 16.4 Å². The normalized spacial score (nSPS) is 25.9. The van der Waals surface area contributed by atoms with E-state index in [0.29, 0.717) is 4.31 Å². The van der Waals surface area contributed by atoms with Gasteiger partial charge in [-0.2, -0.15) is 12.7 Å². The van der Waals surface area contributed by atoms with Gasteiger partial charge in [0.1, 0.15) is 0 Å². The van der Waals surface area contributed by atoms with E-state index in [9.17, 15) is 17.1 Å². The molecule has 0 spiro atoms. The lowest BCUT2D eigenvalue weighted by atomic mass is 10.1. The quantitative estimate of drug-likeness (QED) is 0.611. The van der Waals surface area contributed by atoms with Crippen LogP contribution in [0, 0.1) is 5.92 Å². The van der Waals surface area contributed by atoms with Crippen LogP contribution in [0.2, 0.25) is 0 Å². The molecule has 0 aromatic heterocycles. The van der Waals surface area contributed by atoms with E-state index < -0.39 is 22.3 Å². The summed E-state index contributed by atoms with van der Waals surface area (Å²) in [4.78, 5) is 10.3. The molecule has 5 nitrogen and oxygen atoms in total. The highest BCUT2D eigenvalue weighted by Gasteiger charge is 2.34. The van der Waals surface area contributed by atoms with Crippen LogP contribution in [0.4, 0.5) is 3.89 Å². The van der Waals surface area contributed by atoms with Crippen LogP contribution in [0.1, 0.15) is 6.42 Å². The Bertz CT molecular complexity index is 288. The molecule has 1 aliphatic heterocycles. The van der Waals surface area contributed by atoms with Crippen molar-refractivity contribution in [3.05, 3.63) is 0 Å². The van der Waals surface area contributed by atoms with Crippen molar-refractivity contribution in [1.82, 2.24) is 4.31 Å². The third-order valence-electron chi connectivity index (χ3n) is 1.81. The fourth-order valence-corrected chi connectivity index (χ4v) is 1.81. The summed E-state index contributed by atoms with van der Waals surface area (Å²) in [6.07, 6.45) is 0.179. The molecule has 0 amide bonds. The maximum absolute atomic E-state index is 12.2. The molecule has 0 aromatic rings. The summed E-state index contributed by atoms with van der Waals surface area (Å²) in [6, 6.07) is 0. The summed E-state index contributed by atoms with van der Waals surface area (Å²) in [6.45, 7) is -0.302. The van der Waals surface area contributed by atoms with Gasteiger partial charge in [-0.15, -0.1) is 0 Å². The maximum atomic E-state index is 12.2. The van der Waals surface area contributed by atoms with E-state index in [-0.39, 0.29) is 19.5 Å². The Morgan fingerprint density at radius 1 is 1.58 bits per heavy atom. The maximum Gasteiger partial charge on any atom is 0.374 e. The van der Waals surface area contributed by atoms with Crippen LogP contribution in [0.5, 0.6) is 0 Å². The van der Waals surface area contributed by atoms with Gasteiger partial charge in [-0.3, -0.25) is 4.79 Å². The minimum Gasteiger partial charge on any atom is -0.481 e. The molecule has 1 atom stereocenters. The third-order valence-corrected chi connectivity index (χ3v) is 2.76. The standard InChI is InChI=1S/C5H8FNO4S/c6-12(10,11)7-2-1-4(3-7)5(8)9/h4H,1-3H2,(H,8,9)/t4-/m0/s1. The van der Waals surface area contributed by atoms with Crippen molar-refractivity contribution in [3.8, 4) is 0 Å². The van der Waals surface area contributed by atoms with Crippen LogP contribution in [-0.4, -0.2) is 36.9 Å². The molecule has 1 saturated heterocycles. The molecule has 1 heterocycles. The number of hydrogen-bond donors (Lipinski definition) is 1. The van der Waals surface area contributed by atoms with Crippen LogP contribution in [0.15, 0.2) is 0 Å². The van der Waals surface area contributed by atoms with Gasteiger partial charge in [-0.05, 0) is 6.42 Å². The molecule has 0 aromatic carbocycles. The van der Waals surface area contributed by atoms with Crippen molar-refractivity contribution in [2.75, 3.05) is 13.1 Å². The lowest BCUT2D eigenvalue weighted by Crippen LogP contribution is -2.26. The van der Waals surface area contributed by atoms with Gasteiger partial charge in [0.05, 0.1) is 5.92 Å². The molecule has 1 rings (SSSR count). The lowest BCUT2D eigenvalue weighted by molar-refractivity contribution is -0.141. The predicted octanol–water partition coefficient (Wildman–Crippen LogP) is -0.393. The zero-order chi connectivity index (χ0) is 9.35. The highest BCUT2D eigenvalue weighted by atomic mass is 32.3. The Kier molecular flexibility index (Phi) is 2.34. The van der Waals surface area contributed by atoms with Gasteiger partial charge in [0.2, 0.25) is 0 Å². The summed E-state index contributed by atoms with van der Waals surface area (Å²) in [5, 5.41) is 8.45. The zero-order valence-corrected chi connectivity index (χ0v) is 6.92. The molecule has 70 valence electrons. The summed E-state index contributed by atoms with van der Waals surface area (Å²) in [5.41, 5.74) is 0. The van der Waals surface area contributed by atoms with E-state index in [1.54, 1.807) is 0 Å². The van der Waals surface area contributed by atoms with E-state index in [0.717, 1.165) is 0 Å². The van der Waals surface area contributed by atoms with E-state index in [1.165, 1.54) is 0 Å². The second kappa shape index (κ2) is 2.98. The van der Waals surface area contributed by atoms with Gasteiger partial charge in [-0.1, -0.05) is 3.89 Å². The minimum absolute atomic E-state index is 0.0458. The summed E-state index contributed by atoms with van der Waals surface area (Å²) < 4.78 is 33.3. The zero-order valence-electron chi connectivity index (χ0n) is 6.10. The molecular formula is C5H8FNO4S. The Hall–Kier alpha value is -0.690. The Morgan fingerprint density at radius 2 is 2.17 bits per heavy atom. The number of carboxylic acids is 1. The van der Waals surface area contributed by atoms with Crippen molar-refractivity contribution in [2.45, 2.75) is 6.42 Å². The number of nitrogens with zero attached hydrogens (tertiary/aromatic N) is 1. The molecule has 0 saturated carbocycles. The van der Waals surface area contributed by atoms with Gasteiger partial charge in [0.25, 0.3) is 0 Å². The Balaban J connectivity index is 2.64. The second-order valence-corrected chi connectivity index (χ2v) is 3.96. The first-order valence-corrected chi connectivity index (χ1v) is 4.68. The molecule has 1 aliphatic rings. The first-order valence-electron chi connectivity index (χ1n) is 3.34. The van der Waals surface area contributed by atoms with E-state index >= 15 is 0 Å². The highest BCUT2D eigenvalue weighted by molar-refractivity contribution is 7.83. The molecule has 7 heteroatoms. The molecule has 1 fully saturated rings. The average Bonchev–Trinajstić information content (AvgIpc) is 2.30. The van der Waals surface area contributed by atoms with Crippen LogP contribution in [0.3, 0.4) is 0 Å². The number of halogens is 1. The van der Waals surface area contributed by atoms with Gasteiger partial charge in [-0.25, -0.2) is 0 Å². The first-order chi connectivity index (χ1) is 5.41. The molecule has 0 aliphatic carbocycles. The molecular weight excluding hydrogens is 189 g/mol. The van der Waals surface area contributed by atoms with Crippen molar-refractivity contribution < 1.29 is 22.2 Å². The SMILES string of the molecule is O=C(O)[C@H]1CCN(S(=O)(=O)F)C1. The van der Waals surface area contributed by atoms with E-state index in [4.69, 9.17) is 5.11 Å². The van der Waals surface area contributed by atoms with Crippen molar-refractivity contribution in [3.63, 3.8) is 0 Å². The van der Waals surface area contributed by atoms with Crippen molar-refractivity contribution in [1.29, 1.82) is 0 Å². The smallest absolute Gasteiger partial charge is 0.374 e. The van der Waals surface area contributed by atoms with Gasteiger partial charge < -0.3 is 5.11 Å². The fraction of sp³-hybridized carbons (Fsp3) is 0.800. The largest absolute Gasteiger partial charge is 0.481 e. The number of hydrogen-bond acceptors (Lipinski definition) is 3. The van der Waals surface area contributed by atoms with Gasteiger partial charge in [0, 0.05) is 13.1 Å². The van der Waals surface area contributed by atoms with Crippen LogP contribution in [0.25, 0.3) is 0 Å². The first kappa shape index (κ1) is 9.40. The second-order valence-electron chi connectivity index (χ2n) is 2.62. The third kappa shape index (κ3) is 1.92. The average molecular weight is 197 g/mol. The van der Waals surface area contributed by atoms with Crippen LogP contribution < -0.4 is 0 Å². The Morgan fingerprint density at radius 3 is 2.42 bits per heavy atom. The summed E-state index contributed by atoms with van der Waals surface area (Å²) in [5.74, 6) is -1.85. The summed E-state index contributed by atoms with van der Waals surface area (Å²) >= 11 is 0. The van der Waals surface area contributed by atoms with E-state index in [1.807, 2.05) is 0 Å². The molecule has 1 N–H and O–H groups in total. The molecule has 0 radical (unpaired) electrons. The number of rotatable bonds is 2. The topological polar surface area (TPSA) is 74.7 Å². The summed E-state index contributed by atoms with van der Waals surface area (Å²) in [7, 11) is -4.70. The number of carboxylic acid groups (broad SMARTS) is 1. The molecule has 0 bridgehead atoms. The lowest BCUT2D eigenvalue weighted by Gasteiger charge is -2.07. The number of carbonyl (C=O) groups is 1. The highest BCUT2D eigenvalue weighted by Crippen LogP contribution is 2.19. The van der Waals surface area contributed by atoms with Crippen LogP contribution in [-0.2, 0) is 15.2 Å². The molecule has 0 unspecified atom stereocenters. The fourth-order valence-electron chi connectivity index (χ4n) is 1.13. The van der Waals surface area contributed by atoms with E-state index in [2.05, 4.69) is 0 Å². The van der Waals surface area contributed by atoms with Crippen LogP contribution >= 0.6 is 0 Å². The Labute approximate surface area is 69.1 Å². The number of aliphatic carboxylic acids is 1. The van der Waals surface area contributed by atoms with Gasteiger partial charge in [0.15, 0.2) is 0 Å². The van der Waals surface area contributed by atoms with Gasteiger partial charge >= 0.3 is 16.4 Å².